The second kappa shape index (κ2) is 5.77. The summed E-state index contributed by atoms with van der Waals surface area (Å²) in [6.45, 7) is 0.398. The highest BCUT2D eigenvalue weighted by molar-refractivity contribution is 9.10. The van der Waals surface area contributed by atoms with Gasteiger partial charge in [0.15, 0.2) is 0 Å². The average molecular weight is 349 g/mol. The molecule has 0 fully saturated rings. The third kappa shape index (κ3) is 2.88. The van der Waals surface area contributed by atoms with Crippen molar-refractivity contribution in [2.24, 2.45) is 0 Å². The van der Waals surface area contributed by atoms with Crippen molar-refractivity contribution < 1.29 is 8.78 Å². The fourth-order valence-corrected chi connectivity index (χ4v) is 2.76. The highest BCUT2D eigenvalue weighted by Gasteiger charge is 2.10. The molecular weight excluding hydrogens is 338 g/mol. The van der Waals surface area contributed by atoms with Gasteiger partial charge in [-0.1, -0.05) is 24.3 Å². The van der Waals surface area contributed by atoms with Crippen LogP contribution in [-0.4, -0.2) is 4.98 Å². The van der Waals surface area contributed by atoms with Gasteiger partial charge in [-0.2, -0.15) is 0 Å². The van der Waals surface area contributed by atoms with Crippen LogP contribution >= 0.6 is 15.9 Å². The summed E-state index contributed by atoms with van der Waals surface area (Å²) in [5, 5.41) is 5.07. The van der Waals surface area contributed by atoms with E-state index in [-0.39, 0.29) is 5.69 Å². The average Bonchev–Trinajstić information content (AvgIpc) is 2.46. The molecule has 0 unspecified atom stereocenters. The largest absolute Gasteiger partial charge is 0.378 e. The number of nitrogens with one attached hydrogen (secondary N) is 1. The lowest BCUT2D eigenvalue weighted by Gasteiger charge is -2.11. The SMILES string of the molecule is Fc1cc(F)c(NCc2cncc3ccccc23)c(Br)c1. The van der Waals surface area contributed by atoms with Gasteiger partial charge in [0.25, 0.3) is 0 Å². The molecule has 0 saturated carbocycles. The van der Waals surface area contributed by atoms with Crippen LogP contribution in [0.25, 0.3) is 10.8 Å². The van der Waals surface area contributed by atoms with Gasteiger partial charge in [-0.25, -0.2) is 8.78 Å². The summed E-state index contributed by atoms with van der Waals surface area (Å²) in [6.07, 6.45) is 3.53. The first-order valence-electron chi connectivity index (χ1n) is 6.35. The predicted octanol–water partition coefficient (Wildman–Crippen LogP) is 4.89. The molecule has 2 aromatic carbocycles. The highest BCUT2D eigenvalue weighted by Crippen LogP contribution is 2.28. The van der Waals surface area contributed by atoms with Gasteiger partial charge in [0, 0.05) is 34.9 Å². The summed E-state index contributed by atoms with van der Waals surface area (Å²) in [7, 11) is 0. The molecule has 21 heavy (non-hydrogen) atoms. The zero-order chi connectivity index (χ0) is 14.8. The lowest BCUT2D eigenvalue weighted by atomic mass is 10.1. The monoisotopic (exact) mass is 348 g/mol. The fraction of sp³-hybridized carbons (Fsp3) is 0.0625. The van der Waals surface area contributed by atoms with Crippen molar-refractivity contribution in [3.63, 3.8) is 0 Å². The standard InChI is InChI=1S/C16H11BrF2N2/c17-14-5-12(18)6-15(19)16(14)21-9-11-8-20-7-10-3-1-2-4-13(10)11/h1-8,21H,9H2. The van der Waals surface area contributed by atoms with Crippen LogP contribution in [0, 0.1) is 11.6 Å². The topological polar surface area (TPSA) is 24.9 Å². The molecular formula is C16H11BrF2N2. The van der Waals surface area contributed by atoms with Crippen molar-refractivity contribution in [1.82, 2.24) is 4.98 Å². The third-order valence-corrected chi connectivity index (χ3v) is 3.84. The summed E-state index contributed by atoms with van der Waals surface area (Å²) in [4.78, 5) is 4.18. The fourth-order valence-electron chi connectivity index (χ4n) is 2.21. The zero-order valence-electron chi connectivity index (χ0n) is 10.9. The van der Waals surface area contributed by atoms with Crippen LogP contribution in [0.3, 0.4) is 0 Å². The Bertz CT molecular complexity index is 777. The molecule has 106 valence electrons. The van der Waals surface area contributed by atoms with Crippen molar-refractivity contribution in [2.45, 2.75) is 6.54 Å². The van der Waals surface area contributed by atoms with E-state index in [9.17, 15) is 8.78 Å². The molecule has 0 aliphatic rings. The van der Waals surface area contributed by atoms with Crippen molar-refractivity contribution >= 4 is 32.4 Å². The molecule has 0 amide bonds. The van der Waals surface area contributed by atoms with E-state index < -0.39 is 11.6 Å². The zero-order valence-corrected chi connectivity index (χ0v) is 12.5. The molecule has 0 aliphatic heterocycles. The van der Waals surface area contributed by atoms with Crippen molar-refractivity contribution in [3.05, 3.63) is 70.5 Å². The summed E-state index contributed by atoms with van der Waals surface area (Å²) < 4.78 is 27.2. The Morgan fingerprint density at radius 2 is 1.90 bits per heavy atom. The first-order valence-corrected chi connectivity index (χ1v) is 7.14. The molecule has 0 radical (unpaired) electrons. The van der Waals surface area contributed by atoms with E-state index in [1.54, 1.807) is 12.4 Å². The second-order valence-electron chi connectivity index (χ2n) is 4.62. The van der Waals surface area contributed by atoms with Gasteiger partial charge < -0.3 is 5.32 Å². The summed E-state index contributed by atoms with van der Waals surface area (Å²) in [5.74, 6) is -1.24. The summed E-state index contributed by atoms with van der Waals surface area (Å²) >= 11 is 3.16. The lowest BCUT2D eigenvalue weighted by molar-refractivity contribution is 0.583. The Morgan fingerprint density at radius 3 is 2.71 bits per heavy atom. The number of rotatable bonds is 3. The third-order valence-electron chi connectivity index (χ3n) is 3.21. The van der Waals surface area contributed by atoms with Gasteiger partial charge in [-0.3, -0.25) is 4.98 Å². The van der Waals surface area contributed by atoms with E-state index in [4.69, 9.17) is 0 Å². The molecule has 0 aliphatic carbocycles. The van der Waals surface area contributed by atoms with E-state index >= 15 is 0 Å². The molecule has 2 nitrogen and oxygen atoms in total. The van der Waals surface area contributed by atoms with E-state index in [0.717, 1.165) is 22.4 Å². The molecule has 1 aromatic heterocycles. The molecule has 3 rings (SSSR count). The van der Waals surface area contributed by atoms with Gasteiger partial charge in [0.1, 0.15) is 11.6 Å². The van der Waals surface area contributed by atoms with Crippen LogP contribution in [0.4, 0.5) is 14.5 Å². The minimum absolute atomic E-state index is 0.240. The van der Waals surface area contributed by atoms with Gasteiger partial charge >= 0.3 is 0 Å². The van der Waals surface area contributed by atoms with E-state index in [0.29, 0.717) is 11.0 Å². The number of hydrogen-bond donors (Lipinski definition) is 1. The minimum atomic E-state index is -0.630. The number of fused-ring (bicyclic) bond motifs is 1. The minimum Gasteiger partial charge on any atom is -0.378 e. The maximum atomic E-state index is 13.8. The molecule has 5 heteroatoms. The Kier molecular flexibility index (Phi) is 3.84. The van der Waals surface area contributed by atoms with Gasteiger partial charge in [-0.05, 0) is 32.9 Å². The quantitative estimate of drug-likeness (QED) is 0.728. The van der Waals surface area contributed by atoms with Crippen LogP contribution in [-0.2, 0) is 6.54 Å². The van der Waals surface area contributed by atoms with Crippen LogP contribution < -0.4 is 5.32 Å². The number of nitrogens with zero attached hydrogens (tertiary/aromatic N) is 1. The van der Waals surface area contributed by atoms with Crippen molar-refractivity contribution in [1.29, 1.82) is 0 Å². The van der Waals surface area contributed by atoms with Crippen LogP contribution in [0.2, 0.25) is 0 Å². The maximum absolute atomic E-state index is 13.8. The molecule has 0 spiro atoms. The molecule has 1 N–H and O–H groups in total. The summed E-state index contributed by atoms with van der Waals surface area (Å²) in [5.41, 5.74) is 1.19. The van der Waals surface area contributed by atoms with E-state index in [1.807, 2.05) is 24.3 Å². The predicted molar refractivity (Wildman–Crippen MR) is 83.1 cm³/mol. The van der Waals surface area contributed by atoms with Crippen molar-refractivity contribution in [2.75, 3.05) is 5.32 Å². The molecule has 0 bridgehead atoms. The Hall–Kier alpha value is -2.01. The lowest BCUT2D eigenvalue weighted by Crippen LogP contribution is -2.04. The van der Waals surface area contributed by atoms with E-state index in [2.05, 4.69) is 26.2 Å². The highest BCUT2D eigenvalue weighted by atomic mass is 79.9. The molecule has 3 aromatic rings. The van der Waals surface area contributed by atoms with Gasteiger partial charge in [-0.15, -0.1) is 0 Å². The van der Waals surface area contributed by atoms with Crippen LogP contribution in [0.5, 0.6) is 0 Å². The van der Waals surface area contributed by atoms with Crippen LogP contribution in [0.15, 0.2) is 53.3 Å². The number of benzene rings is 2. The maximum Gasteiger partial charge on any atom is 0.150 e. The van der Waals surface area contributed by atoms with Crippen molar-refractivity contribution in [3.8, 4) is 0 Å². The van der Waals surface area contributed by atoms with Gasteiger partial charge in [0.05, 0.1) is 5.69 Å². The molecule has 0 atom stereocenters. The Morgan fingerprint density at radius 1 is 1.10 bits per heavy atom. The number of pyridine rings is 1. The molecule has 0 saturated heterocycles. The number of anilines is 1. The number of aromatic nitrogens is 1. The number of hydrogen-bond acceptors (Lipinski definition) is 2. The number of halogens is 3. The first-order chi connectivity index (χ1) is 10.1. The normalized spacial score (nSPS) is 10.8. The Labute approximate surface area is 129 Å². The summed E-state index contributed by atoms with van der Waals surface area (Å²) in [6, 6.07) is 9.93. The van der Waals surface area contributed by atoms with E-state index in [1.165, 1.54) is 6.07 Å². The first kappa shape index (κ1) is 13.9. The smallest absolute Gasteiger partial charge is 0.150 e. The second-order valence-corrected chi connectivity index (χ2v) is 5.47. The van der Waals surface area contributed by atoms with Crippen LogP contribution in [0.1, 0.15) is 5.56 Å². The molecule has 1 heterocycles. The van der Waals surface area contributed by atoms with Gasteiger partial charge in [0.2, 0.25) is 0 Å². The Balaban J connectivity index is 1.91.